The Labute approximate surface area is 108 Å². The summed E-state index contributed by atoms with van der Waals surface area (Å²) in [6, 6.07) is 1.12. The first-order valence-electron chi connectivity index (χ1n) is 3.95. The summed E-state index contributed by atoms with van der Waals surface area (Å²) in [5, 5.41) is 9.71. The molecule has 0 saturated heterocycles. The quantitative estimate of drug-likeness (QED) is 0.475. The van der Waals surface area contributed by atoms with Crippen LogP contribution >= 0.6 is 22.3 Å². The van der Waals surface area contributed by atoms with Crippen LogP contribution in [-0.4, -0.2) is 13.3 Å². The molecule has 0 bridgehead atoms. The smallest absolute Gasteiger partial charge is 0.258 e. The van der Waals surface area contributed by atoms with Crippen molar-refractivity contribution >= 4 is 37.0 Å². The van der Waals surface area contributed by atoms with Crippen LogP contribution in [0.5, 0.6) is 0 Å². The highest BCUT2D eigenvalue weighted by atomic mass is 35.7. The maximum atomic E-state index is 12.7. The van der Waals surface area contributed by atoms with E-state index in [1.807, 2.05) is 0 Å². The number of rotatable bonds is 2. The highest BCUT2D eigenvalue weighted by Crippen LogP contribution is 2.44. The largest absolute Gasteiger partial charge is 0.424 e. The summed E-state index contributed by atoms with van der Waals surface area (Å²) >= 11 is 5.27. The van der Waals surface area contributed by atoms with Crippen LogP contribution in [0, 0.1) is 10.1 Å². The molecule has 0 atom stereocenters. The number of hydrogen-bond donors (Lipinski definition) is 0. The van der Waals surface area contributed by atoms with E-state index in [0.29, 0.717) is 12.1 Å². The second kappa shape index (κ2) is 4.56. The molecule has 100 valence electrons. The molecule has 0 aliphatic heterocycles. The van der Waals surface area contributed by atoms with E-state index in [2.05, 4.69) is 0 Å². The molecule has 0 spiro atoms. The van der Waals surface area contributed by atoms with Crippen molar-refractivity contribution in [2.24, 2.45) is 0 Å². The SMILES string of the molecule is O=[N+]([O-])c1c(Cl)ccc(S(=O)(=O)Cl)c1C(F)(F)F. The van der Waals surface area contributed by atoms with E-state index < -0.39 is 41.3 Å². The molecular formula is C7H2Cl2F3NO4S. The van der Waals surface area contributed by atoms with E-state index in [1.54, 1.807) is 0 Å². The molecule has 0 aliphatic rings. The molecule has 11 heteroatoms. The van der Waals surface area contributed by atoms with Gasteiger partial charge in [-0.15, -0.1) is 0 Å². The summed E-state index contributed by atoms with van der Waals surface area (Å²) in [6.07, 6.45) is -5.29. The minimum Gasteiger partial charge on any atom is -0.258 e. The van der Waals surface area contributed by atoms with Gasteiger partial charge in [0.2, 0.25) is 0 Å². The number of nitro benzene ring substituents is 1. The third-order valence-electron chi connectivity index (χ3n) is 1.82. The van der Waals surface area contributed by atoms with Crippen LogP contribution < -0.4 is 0 Å². The van der Waals surface area contributed by atoms with Crippen LogP contribution in [0.25, 0.3) is 0 Å². The summed E-state index contributed by atoms with van der Waals surface area (Å²) in [7, 11) is 0.00503. The van der Waals surface area contributed by atoms with Crippen LogP contribution in [0.4, 0.5) is 18.9 Å². The Kier molecular flexibility index (Phi) is 3.80. The van der Waals surface area contributed by atoms with E-state index in [4.69, 9.17) is 22.3 Å². The zero-order valence-corrected chi connectivity index (χ0v) is 10.4. The van der Waals surface area contributed by atoms with Gasteiger partial charge in [-0.05, 0) is 12.1 Å². The van der Waals surface area contributed by atoms with Crippen LogP contribution in [0.15, 0.2) is 17.0 Å². The van der Waals surface area contributed by atoms with Crippen LogP contribution in [0.3, 0.4) is 0 Å². The molecule has 18 heavy (non-hydrogen) atoms. The van der Waals surface area contributed by atoms with Crippen molar-refractivity contribution in [1.29, 1.82) is 0 Å². The lowest BCUT2D eigenvalue weighted by Gasteiger charge is -2.11. The Bertz CT molecular complexity index is 614. The fourth-order valence-corrected chi connectivity index (χ4v) is 2.50. The van der Waals surface area contributed by atoms with Gasteiger partial charge in [0.05, 0.1) is 4.92 Å². The number of alkyl halides is 3. The van der Waals surface area contributed by atoms with Gasteiger partial charge in [0, 0.05) is 10.7 Å². The standard InChI is InChI=1S/C7H2Cl2F3NO4S/c8-3-1-2-4(18(9,16)17)5(7(10,11)12)6(3)13(14)15/h1-2H. The molecule has 1 aromatic carbocycles. The van der Waals surface area contributed by atoms with E-state index in [0.717, 1.165) is 0 Å². The van der Waals surface area contributed by atoms with Crippen molar-refractivity contribution in [1.82, 2.24) is 0 Å². The van der Waals surface area contributed by atoms with Gasteiger partial charge >= 0.3 is 11.9 Å². The molecule has 0 saturated carbocycles. The highest BCUT2D eigenvalue weighted by Gasteiger charge is 2.45. The Balaban J connectivity index is 3.90. The van der Waals surface area contributed by atoms with Gasteiger partial charge in [0.1, 0.15) is 9.92 Å². The van der Waals surface area contributed by atoms with Gasteiger partial charge < -0.3 is 0 Å². The lowest BCUT2D eigenvalue weighted by molar-refractivity contribution is -0.388. The predicted octanol–water partition coefficient (Wildman–Crippen LogP) is 3.19. The molecule has 0 amide bonds. The number of nitrogens with zero attached hydrogens (tertiary/aromatic N) is 1. The van der Waals surface area contributed by atoms with Gasteiger partial charge in [-0.1, -0.05) is 11.6 Å². The summed E-state index contributed by atoms with van der Waals surface area (Å²) in [6.45, 7) is 0. The van der Waals surface area contributed by atoms with Gasteiger partial charge in [0.15, 0.2) is 5.56 Å². The van der Waals surface area contributed by atoms with Crippen LogP contribution in [0.1, 0.15) is 5.56 Å². The van der Waals surface area contributed by atoms with Crippen LogP contribution in [0.2, 0.25) is 5.02 Å². The van der Waals surface area contributed by atoms with Crippen molar-refractivity contribution in [2.45, 2.75) is 11.1 Å². The lowest BCUT2D eigenvalue weighted by atomic mass is 10.1. The molecule has 0 aliphatic carbocycles. The zero-order valence-electron chi connectivity index (χ0n) is 8.03. The van der Waals surface area contributed by atoms with Crippen molar-refractivity contribution in [3.05, 3.63) is 32.8 Å². The Hall–Kier alpha value is -1.06. The molecule has 0 N–H and O–H groups in total. The van der Waals surface area contributed by atoms with Gasteiger partial charge in [-0.3, -0.25) is 10.1 Å². The number of halogens is 5. The first-order chi connectivity index (χ1) is 7.96. The number of benzene rings is 1. The maximum absolute atomic E-state index is 12.7. The second-order valence-corrected chi connectivity index (χ2v) is 5.90. The maximum Gasteiger partial charge on any atom is 0.424 e. The topological polar surface area (TPSA) is 77.3 Å². The predicted molar refractivity (Wildman–Crippen MR) is 56.1 cm³/mol. The third kappa shape index (κ3) is 2.85. The molecule has 0 fully saturated rings. The molecule has 1 rings (SSSR count). The Morgan fingerprint density at radius 1 is 1.28 bits per heavy atom. The van der Waals surface area contributed by atoms with Gasteiger partial charge in [-0.25, -0.2) is 8.42 Å². The summed E-state index contributed by atoms with van der Waals surface area (Å²) < 4.78 is 60.1. The molecular weight excluding hydrogens is 322 g/mol. The molecule has 0 aromatic heterocycles. The van der Waals surface area contributed by atoms with Gasteiger partial charge in [0.25, 0.3) is 9.05 Å². The van der Waals surface area contributed by atoms with Crippen molar-refractivity contribution in [3.8, 4) is 0 Å². The zero-order chi connectivity index (χ0) is 14.3. The fourth-order valence-electron chi connectivity index (χ4n) is 1.20. The van der Waals surface area contributed by atoms with Gasteiger partial charge in [-0.2, -0.15) is 13.2 Å². The molecule has 0 radical (unpaired) electrons. The first-order valence-corrected chi connectivity index (χ1v) is 6.63. The monoisotopic (exact) mass is 323 g/mol. The minimum absolute atomic E-state index is 0.459. The van der Waals surface area contributed by atoms with E-state index in [9.17, 15) is 31.7 Å². The Morgan fingerprint density at radius 2 is 1.78 bits per heavy atom. The van der Waals surface area contributed by atoms with Crippen molar-refractivity contribution in [3.63, 3.8) is 0 Å². The Morgan fingerprint density at radius 3 is 2.11 bits per heavy atom. The highest BCUT2D eigenvalue weighted by molar-refractivity contribution is 8.13. The van der Waals surface area contributed by atoms with Crippen molar-refractivity contribution < 1.29 is 26.5 Å². The summed E-state index contributed by atoms with van der Waals surface area (Å²) in [5.41, 5.74) is -3.54. The lowest BCUT2D eigenvalue weighted by Crippen LogP contribution is -2.14. The number of hydrogen-bond acceptors (Lipinski definition) is 4. The average molecular weight is 324 g/mol. The molecule has 0 unspecified atom stereocenters. The number of nitro groups is 1. The summed E-state index contributed by atoms with van der Waals surface area (Å²) in [4.78, 5) is 7.72. The second-order valence-electron chi connectivity index (χ2n) is 2.96. The van der Waals surface area contributed by atoms with E-state index >= 15 is 0 Å². The average Bonchev–Trinajstić information content (AvgIpc) is 2.12. The van der Waals surface area contributed by atoms with Crippen molar-refractivity contribution in [2.75, 3.05) is 0 Å². The van der Waals surface area contributed by atoms with E-state index in [1.165, 1.54) is 0 Å². The third-order valence-corrected chi connectivity index (χ3v) is 3.49. The fraction of sp³-hybridized carbons (Fsp3) is 0.143. The first kappa shape index (κ1) is 15.0. The molecule has 1 aromatic rings. The van der Waals surface area contributed by atoms with E-state index in [-0.39, 0.29) is 0 Å². The summed E-state index contributed by atoms with van der Waals surface area (Å²) in [5.74, 6) is 0. The molecule has 0 heterocycles. The van der Waals surface area contributed by atoms with Crippen LogP contribution in [-0.2, 0) is 15.2 Å². The normalized spacial score (nSPS) is 12.5. The molecule has 5 nitrogen and oxygen atoms in total. The minimum atomic E-state index is -5.29.